The lowest BCUT2D eigenvalue weighted by Crippen LogP contribution is -2.19. The molecule has 0 aliphatic carbocycles. The van der Waals surface area contributed by atoms with Crippen molar-refractivity contribution in [1.29, 1.82) is 0 Å². The number of aryl methyl sites for hydroxylation is 1. The zero-order valence-corrected chi connectivity index (χ0v) is 9.17. The summed E-state index contributed by atoms with van der Waals surface area (Å²) in [5.74, 6) is -0.375. The van der Waals surface area contributed by atoms with Gasteiger partial charge in [-0.1, -0.05) is 0 Å². The third kappa shape index (κ3) is 2.39. The molecule has 2 rings (SSSR count). The van der Waals surface area contributed by atoms with E-state index >= 15 is 0 Å². The second-order valence-electron chi connectivity index (χ2n) is 3.35. The molecule has 0 saturated carbocycles. The van der Waals surface area contributed by atoms with Crippen molar-refractivity contribution in [3.8, 4) is 0 Å². The number of nitrogens with one attached hydrogen (secondary N) is 2. The smallest absolute Gasteiger partial charge is 0.277 e. The van der Waals surface area contributed by atoms with Crippen LogP contribution in [0.25, 0.3) is 0 Å². The molecule has 0 aliphatic rings. The molecule has 7 nitrogen and oxygen atoms in total. The number of rotatable bonds is 3. The van der Waals surface area contributed by atoms with Crippen molar-refractivity contribution in [1.82, 2.24) is 20.0 Å². The summed E-state index contributed by atoms with van der Waals surface area (Å²) < 4.78 is 1.50. The molecular formula is C10H11N5O2. The fourth-order valence-electron chi connectivity index (χ4n) is 1.36. The molecule has 7 heteroatoms. The molecule has 0 atom stereocenters. The van der Waals surface area contributed by atoms with Gasteiger partial charge in [0.1, 0.15) is 0 Å². The summed E-state index contributed by atoms with van der Waals surface area (Å²) in [7, 11) is 0. The minimum absolute atomic E-state index is 0.105. The van der Waals surface area contributed by atoms with Crippen molar-refractivity contribution in [3.05, 3.63) is 40.6 Å². The minimum atomic E-state index is -0.375. The van der Waals surface area contributed by atoms with Gasteiger partial charge in [-0.15, -0.1) is 0 Å². The summed E-state index contributed by atoms with van der Waals surface area (Å²) in [6, 6.07) is 2.95. The number of amides is 1. The van der Waals surface area contributed by atoms with Gasteiger partial charge in [-0.25, -0.2) is 0 Å². The van der Waals surface area contributed by atoms with E-state index < -0.39 is 0 Å². The molecule has 0 bridgehead atoms. The Balaban J connectivity index is 2.19. The van der Waals surface area contributed by atoms with Gasteiger partial charge >= 0.3 is 0 Å². The lowest BCUT2D eigenvalue weighted by molar-refractivity contribution is 0.102. The van der Waals surface area contributed by atoms with Crippen LogP contribution in [0.4, 0.5) is 5.69 Å². The largest absolute Gasteiger partial charge is 0.319 e. The van der Waals surface area contributed by atoms with E-state index in [-0.39, 0.29) is 17.2 Å². The van der Waals surface area contributed by atoms with Gasteiger partial charge in [0.2, 0.25) is 0 Å². The van der Waals surface area contributed by atoms with Crippen LogP contribution in [0.1, 0.15) is 17.4 Å². The molecule has 0 aromatic carbocycles. The zero-order chi connectivity index (χ0) is 12.3. The van der Waals surface area contributed by atoms with E-state index in [9.17, 15) is 9.59 Å². The zero-order valence-electron chi connectivity index (χ0n) is 9.17. The van der Waals surface area contributed by atoms with Crippen LogP contribution in [-0.2, 0) is 6.54 Å². The normalized spacial score (nSPS) is 10.2. The van der Waals surface area contributed by atoms with Gasteiger partial charge in [0.05, 0.1) is 11.9 Å². The Morgan fingerprint density at radius 2 is 2.35 bits per heavy atom. The van der Waals surface area contributed by atoms with E-state index in [0.29, 0.717) is 12.2 Å². The first-order valence-electron chi connectivity index (χ1n) is 5.08. The Morgan fingerprint density at radius 1 is 1.53 bits per heavy atom. The number of aromatic amines is 1. The molecule has 0 spiro atoms. The van der Waals surface area contributed by atoms with Crippen LogP contribution in [0.15, 0.2) is 29.3 Å². The minimum Gasteiger partial charge on any atom is -0.319 e. The molecule has 0 saturated heterocycles. The summed E-state index contributed by atoms with van der Waals surface area (Å²) in [5, 5.41) is 12.2. The Kier molecular flexibility index (Phi) is 2.99. The van der Waals surface area contributed by atoms with E-state index in [1.165, 1.54) is 16.8 Å². The summed E-state index contributed by atoms with van der Waals surface area (Å²) in [5.41, 5.74) is 0.630. The molecule has 1 amide bonds. The van der Waals surface area contributed by atoms with Gasteiger partial charge in [0.15, 0.2) is 5.69 Å². The van der Waals surface area contributed by atoms with E-state index in [0.717, 1.165) is 0 Å². The van der Waals surface area contributed by atoms with Crippen LogP contribution in [0.2, 0.25) is 0 Å². The topological polar surface area (TPSA) is 92.7 Å². The Morgan fingerprint density at radius 3 is 3.00 bits per heavy atom. The first-order valence-corrected chi connectivity index (χ1v) is 5.08. The highest BCUT2D eigenvalue weighted by Gasteiger charge is 2.09. The number of H-pyrrole nitrogens is 1. The van der Waals surface area contributed by atoms with Crippen LogP contribution in [-0.4, -0.2) is 25.9 Å². The molecule has 2 aromatic rings. The Bertz CT molecular complexity index is 573. The number of carbonyl (C=O) groups excluding carboxylic acids is 1. The Hall–Kier alpha value is -2.44. The average Bonchev–Trinajstić information content (AvgIpc) is 2.85. The van der Waals surface area contributed by atoms with E-state index in [4.69, 9.17) is 0 Å². The monoisotopic (exact) mass is 233 g/mol. The van der Waals surface area contributed by atoms with Gasteiger partial charge in [0, 0.05) is 18.8 Å². The first kappa shape index (κ1) is 11.1. The van der Waals surface area contributed by atoms with Crippen molar-refractivity contribution in [2.45, 2.75) is 13.5 Å². The third-order valence-electron chi connectivity index (χ3n) is 2.23. The van der Waals surface area contributed by atoms with Gasteiger partial charge < -0.3 is 9.88 Å². The molecule has 17 heavy (non-hydrogen) atoms. The summed E-state index contributed by atoms with van der Waals surface area (Å²) >= 11 is 0. The quantitative estimate of drug-likeness (QED) is 0.794. The maximum absolute atomic E-state index is 11.6. The maximum atomic E-state index is 11.6. The van der Waals surface area contributed by atoms with Gasteiger partial charge in [-0.3, -0.25) is 9.59 Å². The van der Waals surface area contributed by atoms with Crippen molar-refractivity contribution >= 4 is 11.6 Å². The van der Waals surface area contributed by atoms with Crippen LogP contribution in [0, 0.1) is 0 Å². The molecule has 2 N–H and O–H groups in total. The molecule has 2 aromatic heterocycles. The lowest BCUT2D eigenvalue weighted by atomic mass is 10.3. The first-order chi connectivity index (χ1) is 8.20. The second kappa shape index (κ2) is 4.60. The fourth-order valence-corrected chi connectivity index (χ4v) is 1.36. The van der Waals surface area contributed by atoms with Crippen LogP contribution in [0.5, 0.6) is 0 Å². The number of hydrogen-bond donors (Lipinski definition) is 2. The molecule has 0 radical (unpaired) electrons. The average molecular weight is 233 g/mol. The highest BCUT2D eigenvalue weighted by molar-refractivity contribution is 6.02. The summed E-state index contributed by atoms with van der Waals surface area (Å²) in [4.78, 5) is 23.0. The Labute approximate surface area is 96.5 Å². The molecular weight excluding hydrogens is 222 g/mol. The van der Waals surface area contributed by atoms with E-state index in [1.807, 2.05) is 6.92 Å². The number of nitrogens with zero attached hydrogens (tertiary/aromatic N) is 3. The molecule has 0 aliphatic heterocycles. The fraction of sp³-hybridized carbons (Fsp3) is 0.200. The maximum Gasteiger partial charge on any atom is 0.277 e. The summed E-state index contributed by atoms with van der Waals surface area (Å²) in [6.45, 7) is 2.40. The van der Waals surface area contributed by atoms with Gasteiger partial charge in [-0.05, 0) is 13.0 Å². The summed E-state index contributed by atoms with van der Waals surface area (Å²) in [6.07, 6.45) is 2.91. The number of hydrogen-bond acceptors (Lipinski definition) is 4. The van der Waals surface area contributed by atoms with Gasteiger partial charge in [-0.2, -0.15) is 15.4 Å². The van der Waals surface area contributed by atoms with Crippen LogP contribution < -0.4 is 10.9 Å². The number of pyridine rings is 1. The highest BCUT2D eigenvalue weighted by Crippen LogP contribution is 2.05. The SMILES string of the molecule is CCn1cc(NC(=O)c2cn[nH]n2)ccc1=O. The van der Waals surface area contributed by atoms with Crippen molar-refractivity contribution in [2.24, 2.45) is 0 Å². The number of carbonyl (C=O) groups is 1. The number of aromatic nitrogens is 4. The van der Waals surface area contributed by atoms with Crippen molar-refractivity contribution in [2.75, 3.05) is 5.32 Å². The molecule has 88 valence electrons. The number of anilines is 1. The second-order valence-corrected chi connectivity index (χ2v) is 3.35. The van der Waals surface area contributed by atoms with Crippen molar-refractivity contribution < 1.29 is 4.79 Å². The lowest BCUT2D eigenvalue weighted by Gasteiger charge is -2.06. The predicted octanol–water partition coefficient (Wildman–Crippen LogP) is 0.239. The van der Waals surface area contributed by atoms with Gasteiger partial charge in [0.25, 0.3) is 11.5 Å². The van der Waals surface area contributed by atoms with E-state index in [1.54, 1.807) is 12.3 Å². The predicted molar refractivity (Wildman–Crippen MR) is 60.7 cm³/mol. The molecule has 0 unspecified atom stereocenters. The molecule has 0 fully saturated rings. The highest BCUT2D eigenvalue weighted by atomic mass is 16.2. The third-order valence-corrected chi connectivity index (χ3v) is 2.23. The standard InChI is InChI=1S/C10H11N5O2/c1-2-15-6-7(3-4-9(15)16)12-10(17)8-5-11-14-13-8/h3-6H,2H2,1H3,(H,12,17)(H,11,13,14). The molecule has 2 heterocycles. The van der Waals surface area contributed by atoms with Crippen molar-refractivity contribution in [3.63, 3.8) is 0 Å². The van der Waals surface area contributed by atoms with Crippen LogP contribution in [0.3, 0.4) is 0 Å². The van der Waals surface area contributed by atoms with Crippen LogP contribution >= 0.6 is 0 Å². The van der Waals surface area contributed by atoms with E-state index in [2.05, 4.69) is 20.7 Å².